The fourth-order valence-corrected chi connectivity index (χ4v) is 3.13. The van der Waals surface area contributed by atoms with Gasteiger partial charge >= 0.3 is 5.97 Å². The highest BCUT2D eigenvalue weighted by molar-refractivity contribution is 6.56. The van der Waals surface area contributed by atoms with Gasteiger partial charge in [0.15, 0.2) is 0 Å². The minimum absolute atomic E-state index is 0.0424. The average molecular weight is 385 g/mol. The molecule has 3 nitrogen and oxygen atoms in total. The third-order valence-electron chi connectivity index (χ3n) is 2.69. The van der Waals surface area contributed by atoms with Gasteiger partial charge in [0.05, 0.1) is 37.2 Å². The Hall–Kier alpha value is -0.710. The highest BCUT2D eigenvalue weighted by Gasteiger charge is 2.22. The number of carboxylic acid groups (broad SMARTS) is 1. The molecule has 0 spiro atoms. The van der Waals surface area contributed by atoms with Gasteiger partial charge in [-0.3, -0.25) is 9.78 Å². The zero-order chi connectivity index (χ0) is 15.7. The lowest BCUT2D eigenvalue weighted by Gasteiger charge is -2.14. The Balaban J connectivity index is 2.77. The second kappa shape index (κ2) is 6.59. The molecule has 1 N–H and O–H groups in total. The largest absolute Gasteiger partial charge is 0.481 e. The second-order valence-electron chi connectivity index (χ2n) is 4.01. The zero-order valence-corrected chi connectivity index (χ0v) is 13.9. The monoisotopic (exact) mass is 383 g/mol. The van der Waals surface area contributed by atoms with Crippen LogP contribution >= 0.6 is 58.0 Å². The van der Waals surface area contributed by atoms with E-state index in [4.69, 9.17) is 63.1 Å². The average Bonchev–Trinajstić information content (AvgIpc) is 2.44. The third kappa shape index (κ3) is 3.22. The van der Waals surface area contributed by atoms with Crippen molar-refractivity contribution in [3.8, 4) is 11.1 Å². The van der Waals surface area contributed by atoms with Gasteiger partial charge in [0.2, 0.25) is 0 Å². The number of pyridine rings is 1. The van der Waals surface area contributed by atoms with Gasteiger partial charge in [-0.25, -0.2) is 0 Å². The van der Waals surface area contributed by atoms with Crippen molar-refractivity contribution in [2.24, 2.45) is 0 Å². The van der Waals surface area contributed by atoms with Gasteiger partial charge in [0.25, 0.3) is 0 Å². The van der Waals surface area contributed by atoms with Gasteiger partial charge < -0.3 is 5.11 Å². The normalized spacial score (nSPS) is 10.7. The second-order valence-corrected chi connectivity index (χ2v) is 5.90. The van der Waals surface area contributed by atoms with Crippen molar-refractivity contribution in [1.29, 1.82) is 0 Å². The van der Waals surface area contributed by atoms with Crippen LogP contribution in [0.2, 0.25) is 25.1 Å². The molecular weight excluding hydrogens is 379 g/mol. The summed E-state index contributed by atoms with van der Waals surface area (Å²) in [5.41, 5.74) is 1.04. The molecular formula is C13H6Cl5NO2. The van der Waals surface area contributed by atoms with Crippen LogP contribution in [0.15, 0.2) is 18.3 Å². The molecule has 0 atom stereocenters. The van der Waals surface area contributed by atoms with E-state index in [1.807, 2.05) is 0 Å². The SMILES string of the molecule is O=C(O)Cc1ncccc1-c1c(Cl)c(Cl)c(Cl)c(Cl)c1Cl. The van der Waals surface area contributed by atoms with Crippen LogP contribution in [-0.4, -0.2) is 16.1 Å². The number of rotatable bonds is 3. The molecule has 0 aliphatic heterocycles. The minimum Gasteiger partial charge on any atom is -0.481 e. The molecule has 2 aromatic rings. The van der Waals surface area contributed by atoms with Gasteiger partial charge in [0, 0.05) is 17.3 Å². The topological polar surface area (TPSA) is 50.2 Å². The highest BCUT2D eigenvalue weighted by Crippen LogP contribution is 2.48. The summed E-state index contributed by atoms with van der Waals surface area (Å²) in [5.74, 6) is -1.03. The number of benzene rings is 1. The molecule has 0 fully saturated rings. The van der Waals surface area contributed by atoms with E-state index in [1.54, 1.807) is 12.1 Å². The maximum absolute atomic E-state index is 10.9. The van der Waals surface area contributed by atoms with Crippen LogP contribution in [0, 0.1) is 0 Å². The van der Waals surface area contributed by atoms with E-state index in [0.29, 0.717) is 16.8 Å². The van der Waals surface area contributed by atoms with E-state index in [-0.39, 0.29) is 31.5 Å². The van der Waals surface area contributed by atoms with Crippen molar-refractivity contribution in [2.75, 3.05) is 0 Å². The van der Waals surface area contributed by atoms with E-state index in [2.05, 4.69) is 4.98 Å². The number of carboxylic acids is 1. The molecule has 0 radical (unpaired) electrons. The fourth-order valence-electron chi connectivity index (χ4n) is 1.79. The summed E-state index contributed by atoms with van der Waals surface area (Å²) in [7, 11) is 0. The van der Waals surface area contributed by atoms with E-state index in [0.717, 1.165) is 0 Å². The van der Waals surface area contributed by atoms with Crippen molar-refractivity contribution in [2.45, 2.75) is 6.42 Å². The Morgan fingerprint density at radius 2 is 1.52 bits per heavy atom. The number of carbonyl (C=O) groups is 1. The van der Waals surface area contributed by atoms with Gasteiger partial charge in [-0.1, -0.05) is 64.1 Å². The Kier molecular flexibility index (Phi) is 5.23. The minimum atomic E-state index is -1.03. The quantitative estimate of drug-likeness (QED) is 0.549. The predicted molar refractivity (Wildman–Crippen MR) is 86.1 cm³/mol. The van der Waals surface area contributed by atoms with Crippen LogP contribution in [0.1, 0.15) is 5.69 Å². The van der Waals surface area contributed by atoms with Crippen molar-refractivity contribution in [1.82, 2.24) is 4.98 Å². The molecule has 0 bridgehead atoms. The zero-order valence-electron chi connectivity index (χ0n) is 10.1. The first-order valence-electron chi connectivity index (χ1n) is 5.52. The van der Waals surface area contributed by atoms with Crippen LogP contribution in [-0.2, 0) is 11.2 Å². The van der Waals surface area contributed by atoms with Gasteiger partial charge in [0.1, 0.15) is 0 Å². The summed E-state index contributed by atoms with van der Waals surface area (Å²) in [6, 6.07) is 3.27. The van der Waals surface area contributed by atoms with Crippen molar-refractivity contribution < 1.29 is 9.90 Å². The number of halogens is 5. The number of hydrogen-bond acceptors (Lipinski definition) is 2. The summed E-state index contributed by atoms with van der Waals surface area (Å²) in [5, 5.41) is 9.28. The molecule has 0 saturated carbocycles. The standard InChI is InChI=1S/C13H6Cl5NO2/c14-9-8(10(15)12(17)13(18)11(9)16)5-2-1-3-19-6(5)4-7(20)21/h1-3H,4H2,(H,20,21). The maximum atomic E-state index is 10.9. The molecule has 1 aromatic carbocycles. The summed E-state index contributed by atoms with van der Waals surface area (Å²) in [6.45, 7) is 0. The van der Waals surface area contributed by atoms with Gasteiger partial charge in [-0.2, -0.15) is 0 Å². The first-order chi connectivity index (χ1) is 9.84. The molecule has 0 aliphatic rings. The van der Waals surface area contributed by atoms with E-state index in [1.165, 1.54) is 6.20 Å². The van der Waals surface area contributed by atoms with E-state index >= 15 is 0 Å². The molecule has 8 heteroatoms. The van der Waals surface area contributed by atoms with Crippen LogP contribution in [0.25, 0.3) is 11.1 Å². The van der Waals surface area contributed by atoms with Crippen molar-refractivity contribution in [3.05, 3.63) is 49.1 Å². The van der Waals surface area contributed by atoms with Gasteiger partial charge in [-0.05, 0) is 6.07 Å². The molecule has 110 valence electrons. The fraction of sp³-hybridized carbons (Fsp3) is 0.0769. The maximum Gasteiger partial charge on any atom is 0.309 e. The summed E-state index contributed by atoms with van der Waals surface area (Å²) >= 11 is 30.3. The summed E-state index contributed by atoms with van der Waals surface area (Å²) in [6.07, 6.45) is 1.18. The molecule has 0 saturated heterocycles. The molecule has 0 aliphatic carbocycles. The molecule has 2 rings (SSSR count). The number of aromatic nitrogens is 1. The van der Waals surface area contributed by atoms with Crippen molar-refractivity contribution >= 4 is 64.0 Å². The van der Waals surface area contributed by atoms with Crippen LogP contribution in [0.3, 0.4) is 0 Å². The van der Waals surface area contributed by atoms with Crippen LogP contribution < -0.4 is 0 Å². The Morgan fingerprint density at radius 3 is 2.05 bits per heavy atom. The van der Waals surface area contributed by atoms with Crippen molar-refractivity contribution in [3.63, 3.8) is 0 Å². The van der Waals surface area contributed by atoms with Crippen LogP contribution in [0.4, 0.5) is 0 Å². The lowest BCUT2D eigenvalue weighted by Crippen LogP contribution is -2.04. The first-order valence-corrected chi connectivity index (χ1v) is 7.41. The third-order valence-corrected chi connectivity index (χ3v) is 4.96. The summed E-state index contributed by atoms with van der Waals surface area (Å²) < 4.78 is 0. The summed E-state index contributed by atoms with van der Waals surface area (Å²) in [4.78, 5) is 15.0. The highest BCUT2D eigenvalue weighted by atomic mass is 35.5. The van der Waals surface area contributed by atoms with E-state index < -0.39 is 5.97 Å². The smallest absolute Gasteiger partial charge is 0.309 e. The molecule has 0 unspecified atom stereocenters. The van der Waals surface area contributed by atoms with E-state index in [9.17, 15) is 4.79 Å². The lowest BCUT2D eigenvalue weighted by molar-refractivity contribution is -0.136. The van der Waals surface area contributed by atoms with Gasteiger partial charge in [-0.15, -0.1) is 0 Å². The molecule has 21 heavy (non-hydrogen) atoms. The van der Waals surface area contributed by atoms with Crippen LogP contribution in [0.5, 0.6) is 0 Å². The molecule has 1 aromatic heterocycles. The number of hydrogen-bond donors (Lipinski definition) is 1. The number of nitrogens with zero attached hydrogens (tertiary/aromatic N) is 1. The Labute approximate surface area is 145 Å². The lowest BCUT2D eigenvalue weighted by atomic mass is 10.0. The molecule has 1 heterocycles. The molecule has 0 amide bonds. The Morgan fingerprint density at radius 1 is 1.00 bits per heavy atom. The first kappa shape index (κ1) is 16.7. The predicted octanol–water partition coefficient (Wildman–Crippen LogP) is 5.64. The number of aliphatic carboxylic acids is 1. The Bertz CT molecular complexity index is 704.